The molecule has 28 heavy (non-hydrogen) atoms. The lowest BCUT2D eigenvalue weighted by atomic mass is 10.0. The summed E-state index contributed by atoms with van der Waals surface area (Å²) in [5.74, 6) is 0.889. The number of nitrogens with one attached hydrogen (secondary N) is 1. The molecule has 2 atom stereocenters. The van der Waals surface area contributed by atoms with Crippen LogP contribution in [0, 0.1) is 3.57 Å². The zero-order chi connectivity index (χ0) is 19.9. The highest BCUT2D eigenvalue weighted by Crippen LogP contribution is 2.31. The zero-order valence-corrected chi connectivity index (χ0v) is 19.2. The van der Waals surface area contributed by atoms with E-state index in [1.54, 1.807) is 0 Å². The molecular formula is C20H24IN5OS. The van der Waals surface area contributed by atoms with Crippen LogP contribution in [0.15, 0.2) is 42.9 Å². The second-order valence-electron chi connectivity index (χ2n) is 7.99. The highest BCUT2D eigenvalue weighted by molar-refractivity contribution is 14.1. The summed E-state index contributed by atoms with van der Waals surface area (Å²) in [6.45, 7) is 7.56. The molecule has 148 valence electrons. The molecule has 1 aromatic carbocycles. The number of hydrogen-bond acceptors (Lipinski definition) is 5. The van der Waals surface area contributed by atoms with Crippen molar-refractivity contribution in [1.82, 2.24) is 19.1 Å². The van der Waals surface area contributed by atoms with E-state index < -0.39 is 11.4 Å². The smallest absolute Gasteiger partial charge is 0.211 e. The van der Waals surface area contributed by atoms with E-state index >= 15 is 0 Å². The second-order valence-corrected chi connectivity index (χ2v) is 11.1. The third-order valence-electron chi connectivity index (χ3n) is 4.93. The van der Waals surface area contributed by atoms with Crippen LogP contribution in [0.25, 0.3) is 5.65 Å². The van der Waals surface area contributed by atoms with Crippen LogP contribution < -0.4 is 9.62 Å². The van der Waals surface area contributed by atoms with E-state index in [-0.39, 0.29) is 10.8 Å². The number of aromatic nitrogens is 3. The SMILES string of the molecule is CC(C)(C)[S@@+]([O-])N[C@H]1CCN(c2ncc(I)c3nccn23)Cc2ccccc21. The topological polar surface area (TPSA) is 68.5 Å². The number of anilines is 1. The number of halogens is 1. The van der Waals surface area contributed by atoms with Gasteiger partial charge in [0.1, 0.15) is 4.75 Å². The van der Waals surface area contributed by atoms with E-state index in [1.807, 2.05) is 43.8 Å². The summed E-state index contributed by atoms with van der Waals surface area (Å²) in [5, 5.41) is 0. The van der Waals surface area contributed by atoms with Gasteiger partial charge in [0.05, 0.1) is 9.61 Å². The Morgan fingerprint density at radius 2 is 2.04 bits per heavy atom. The van der Waals surface area contributed by atoms with Gasteiger partial charge in [-0.25, -0.2) is 9.97 Å². The number of rotatable bonds is 3. The fourth-order valence-electron chi connectivity index (χ4n) is 3.45. The Morgan fingerprint density at radius 3 is 2.82 bits per heavy atom. The third kappa shape index (κ3) is 3.87. The van der Waals surface area contributed by atoms with Gasteiger partial charge in [0.25, 0.3) is 0 Å². The van der Waals surface area contributed by atoms with Crippen LogP contribution in [0.1, 0.15) is 44.4 Å². The maximum absolute atomic E-state index is 12.7. The standard InChI is InChI=1S/C20H24IN5OS/c1-20(2,3)28(27)24-17-8-10-25(13-14-6-4-5-7-15(14)17)19-23-12-16(21)18-22-9-11-26(18)19/h4-7,9,11-12,17,24H,8,10,13H2,1-3H3/t17-,28+/m0/s1. The van der Waals surface area contributed by atoms with Gasteiger partial charge in [-0.3, -0.25) is 4.40 Å². The van der Waals surface area contributed by atoms with Gasteiger partial charge in [-0.2, -0.15) is 0 Å². The lowest BCUT2D eigenvalue weighted by Crippen LogP contribution is -2.41. The minimum atomic E-state index is -1.12. The summed E-state index contributed by atoms with van der Waals surface area (Å²) >= 11 is 1.14. The summed E-state index contributed by atoms with van der Waals surface area (Å²) < 4.78 is 18.9. The number of fused-ring (bicyclic) bond motifs is 2. The van der Waals surface area contributed by atoms with Gasteiger partial charge >= 0.3 is 0 Å². The quantitative estimate of drug-likeness (QED) is 0.430. The Kier molecular flexibility index (Phi) is 5.56. The van der Waals surface area contributed by atoms with E-state index in [1.165, 1.54) is 11.1 Å². The molecule has 0 bridgehead atoms. The van der Waals surface area contributed by atoms with Gasteiger partial charge in [-0.1, -0.05) is 24.3 Å². The van der Waals surface area contributed by atoms with Crippen molar-refractivity contribution in [2.45, 2.75) is 44.5 Å². The molecule has 0 saturated heterocycles. The second kappa shape index (κ2) is 7.81. The van der Waals surface area contributed by atoms with E-state index in [0.29, 0.717) is 0 Å². The first kappa shape index (κ1) is 19.9. The maximum atomic E-state index is 12.7. The Morgan fingerprint density at radius 1 is 1.25 bits per heavy atom. The molecule has 0 spiro atoms. The molecule has 3 aromatic rings. The summed E-state index contributed by atoms with van der Waals surface area (Å²) in [5.41, 5.74) is 3.37. The van der Waals surface area contributed by atoms with Crippen molar-refractivity contribution in [2.24, 2.45) is 0 Å². The van der Waals surface area contributed by atoms with Crippen LogP contribution in [0.2, 0.25) is 0 Å². The van der Waals surface area contributed by atoms with Crippen molar-refractivity contribution < 1.29 is 4.55 Å². The van der Waals surface area contributed by atoms with Crippen molar-refractivity contribution in [3.8, 4) is 0 Å². The van der Waals surface area contributed by atoms with Crippen molar-refractivity contribution in [3.63, 3.8) is 0 Å². The maximum Gasteiger partial charge on any atom is 0.211 e. The minimum absolute atomic E-state index is 0.0448. The molecule has 0 saturated carbocycles. The molecule has 2 aromatic heterocycles. The molecule has 0 fully saturated rings. The Labute approximate surface area is 182 Å². The first-order chi connectivity index (χ1) is 13.3. The minimum Gasteiger partial charge on any atom is -0.598 e. The number of hydrogen-bond donors (Lipinski definition) is 1. The normalized spacial score (nSPS) is 18.8. The molecule has 1 N–H and O–H groups in total. The lowest BCUT2D eigenvalue weighted by molar-refractivity contribution is 0.514. The first-order valence-corrected chi connectivity index (χ1v) is 11.6. The molecule has 4 rings (SSSR count). The number of nitrogens with zero attached hydrogens (tertiary/aromatic N) is 4. The van der Waals surface area contributed by atoms with Gasteiger partial charge in [0.15, 0.2) is 5.65 Å². The largest absolute Gasteiger partial charge is 0.598 e. The summed E-state index contributed by atoms with van der Waals surface area (Å²) in [6, 6.07) is 8.46. The van der Waals surface area contributed by atoms with E-state index in [2.05, 4.69) is 61.5 Å². The average Bonchev–Trinajstić information content (AvgIpc) is 3.08. The lowest BCUT2D eigenvalue weighted by Gasteiger charge is -2.28. The molecular weight excluding hydrogens is 485 g/mol. The molecule has 0 unspecified atom stereocenters. The average molecular weight is 509 g/mol. The molecule has 1 aliphatic heterocycles. The van der Waals surface area contributed by atoms with Crippen LogP contribution in [-0.4, -0.2) is 30.2 Å². The van der Waals surface area contributed by atoms with Gasteiger partial charge in [0, 0.05) is 43.0 Å². The van der Waals surface area contributed by atoms with Crippen LogP contribution in [0.5, 0.6) is 0 Å². The fourth-order valence-corrected chi connectivity index (χ4v) is 4.85. The number of benzene rings is 1. The predicted molar refractivity (Wildman–Crippen MR) is 122 cm³/mol. The molecule has 0 amide bonds. The van der Waals surface area contributed by atoms with Crippen molar-refractivity contribution >= 4 is 45.5 Å². The van der Waals surface area contributed by atoms with E-state index in [4.69, 9.17) is 4.98 Å². The molecule has 8 heteroatoms. The summed E-state index contributed by atoms with van der Waals surface area (Å²) in [4.78, 5) is 11.4. The zero-order valence-electron chi connectivity index (χ0n) is 16.2. The van der Waals surface area contributed by atoms with E-state index in [0.717, 1.165) is 34.7 Å². The molecule has 1 aliphatic rings. The van der Waals surface area contributed by atoms with Crippen LogP contribution in [0.3, 0.4) is 0 Å². The van der Waals surface area contributed by atoms with Crippen LogP contribution >= 0.6 is 22.6 Å². The molecule has 0 radical (unpaired) electrons. The highest BCUT2D eigenvalue weighted by Gasteiger charge is 2.32. The van der Waals surface area contributed by atoms with Gasteiger partial charge < -0.3 is 9.45 Å². The van der Waals surface area contributed by atoms with Crippen molar-refractivity contribution in [3.05, 3.63) is 57.6 Å². The first-order valence-electron chi connectivity index (χ1n) is 9.33. The fraction of sp³-hybridized carbons (Fsp3) is 0.400. The third-order valence-corrected chi connectivity index (χ3v) is 7.30. The van der Waals surface area contributed by atoms with Gasteiger partial charge in [-0.05, 0) is 60.9 Å². The number of imidazole rings is 1. The van der Waals surface area contributed by atoms with Gasteiger partial charge in [0.2, 0.25) is 5.95 Å². The predicted octanol–water partition coefficient (Wildman–Crippen LogP) is 3.84. The van der Waals surface area contributed by atoms with E-state index in [9.17, 15) is 4.55 Å². The summed E-state index contributed by atoms with van der Waals surface area (Å²) in [7, 11) is 0. The Hall–Kier alpha value is -1.36. The van der Waals surface area contributed by atoms with Crippen LogP contribution in [0.4, 0.5) is 5.95 Å². The van der Waals surface area contributed by atoms with Crippen molar-refractivity contribution in [2.75, 3.05) is 11.4 Å². The molecule has 6 nitrogen and oxygen atoms in total. The molecule has 0 aliphatic carbocycles. The van der Waals surface area contributed by atoms with Crippen LogP contribution in [-0.2, 0) is 17.9 Å². The molecule has 3 heterocycles. The Bertz CT molecular complexity index is 986. The summed E-state index contributed by atoms with van der Waals surface area (Å²) in [6.07, 6.45) is 6.49. The highest BCUT2D eigenvalue weighted by atomic mass is 127. The van der Waals surface area contributed by atoms with Crippen molar-refractivity contribution in [1.29, 1.82) is 0 Å². The van der Waals surface area contributed by atoms with Gasteiger partial charge in [-0.15, -0.1) is 4.72 Å². The Balaban J connectivity index is 1.68. The monoisotopic (exact) mass is 509 g/mol.